The van der Waals surface area contributed by atoms with E-state index in [4.69, 9.17) is 0 Å². The fraction of sp³-hybridized carbons (Fsp3) is 0.769. The van der Waals surface area contributed by atoms with E-state index >= 15 is 0 Å². The van der Waals surface area contributed by atoms with Gasteiger partial charge in [0.05, 0.1) is 12.1 Å². The molecule has 2 atom stereocenters. The van der Waals surface area contributed by atoms with Gasteiger partial charge in [0.1, 0.15) is 5.82 Å². The van der Waals surface area contributed by atoms with E-state index in [1.807, 2.05) is 12.4 Å². The van der Waals surface area contributed by atoms with Crippen LogP contribution in [0, 0.1) is 5.41 Å². The predicted octanol–water partition coefficient (Wildman–Crippen LogP) is 2.73. The van der Waals surface area contributed by atoms with E-state index in [1.54, 1.807) is 0 Å². The van der Waals surface area contributed by atoms with Crippen molar-refractivity contribution in [1.82, 2.24) is 9.55 Å². The smallest absolute Gasteiger partial charge is 0.111 e. The van der Waals surface area contributed by atoms with Gasteiger partial charge in [-0.3, -0.25) is 0 Å². The topological polar surface area (TPSA) is 38.0 Å². The number of hydrogen-bond donors (Lipinski definition) is 1. The lowest BCUT2D eigenvalue weighted by Gasteiger charge is -2.27. The maximum atomic E-state index is 10.3. The number of aromatic nitrogens is 2. The third kappa shape index (κ3) is 1.77. The summed E-state index contributed by atoms with van der Waals surface area (Å²) in [7, 11) is 0. The number of rotatable bonds is 2. The van der Waals surface area contributed by atoms with Crippen LogP contribution in [0.3, 0.4) is 0 Å². The molecular weight excluding hydrogens is 200 g/mol. The number of nitrogens with zero attached hydrogens (tertiary/aromatic N) is 2. The lowest BCUT2D eigenvalue weighted by atomic mass is 9.89. The fourth-order valence-corrected chi connectivity index (χ4v) is 2.69. The Morgan fingerprint density at radius 1 is 1.50 bits per heavy atom. The van der Waals surface area contributed by atoms with Crippen molar-refractivity contribution in [3.63, 3.8) is 0 Å². The van der Waals surface area contributed by atoms with Crippen molar-refractivity contribution in [2.24, 2.45) is 5.41 Å². The quantitative estimate of drug-likeness (QED) is 0.835. The zero-order chi connectivity index (χ0) is 11.9. The lowest BCUT2D eigenvalue weighted by molar-refractivity contribution is 0.0488. The minimum absolute atomic E-state index is 0.0309. The highest BCUT2D eigenvalue weighted by atomic mass is 16.3. The molecule has 1 fully saturated rings. The molecule has 0 bridgehead atoms. The second-order valence-electron chi connectivity index (χ2n) is 5.89. The van der Waals surface area contributed by atoms with Crippen LogP contribution in [0.2, 0.25) is 0 Å². The molecule has 1 aliphatic carbocycles. The number of aliphatic hydroxyl groups excluding tert-OH is 1. The van der Waals surface area contributed by atoms with Gasteiger partial charge in [-0.1, -0.05) is 27.7 Å². The van der Waals surface area contributed by atoms with Crippen molar-refractivity contribution in [3.8, 4) is 0 Å². The molecule has 0 amide bonds. The molecule has 0 radical (unpaired) electrons. The minimum Gasteiger partial charge on any atom is -0.390 e. The summed E-state index contributed by atoms with van der Waals surface area (Å²) in [6.07, 6.45) is 5.70. The minimum atomic E-state index is -0.265. The average molecular weight is 222 g/mol. The van der Waals surface area contributed by atoms with Crippen LogP contribution in [0.4, 0.5) is 0 Å². The van der Waals surface area contributed by atoms with Gasteiger partial charge in [-0.15, -0.1) is 0 Å². The Bertz CT molecular complexity index is 368. The van der Waals surface area contributed by atoms with Crippen molar-refractivity contribution in [3.05, 3.63) is 18.2 Å². The van der Waals surface area contributed by atoms with Gasteiger partial charge in [0.25, 0.3) is 0 Å². The first-order valence-electron chi connectivity index (χ1n) is 6.14. The second-order valence-corrected chi connectivity index (χ2v) is 5.89. The maximum absolute atomic E-state index is 10.3. The molecule has 0 saturated heterocycles. The van der Waals surface area contributed by atoms with E-state index in [0.29, 0.717) is 5.92 Å². The summed E-state index contributed by atoms with van der Waals surface area (Å²) in [5.41, 5.74) is 0.0309. The Morgan fingerprint density at radius 2 is 2.19 bits per heavy atom. The van der Waals surface area contributed by atoms with Crippen LogP contribution in [0.1, 0.15) is 58.3 Å². The van der Waals surface area contributed by atoms with Gasteiger partial charge in [0.2, 0.25) is 0 Å². The van der Waals surface area contributed by atoms with E-state index in [2.05, 4.69) is 37.2 Å². The Balaban J connectivity index is 2.29. The molecule has 3 nitrogen and oxygen atoms in total. The van der Waals surface area contributed by atoms with Crippen LogP contribution in [-0.4, -0.2) is 20.8 Å². The van der Waals surface area contributed by atoms with E-state index in [1.165, 1.54) is 0 Å². The third-order valence-electron chi connectivity index (χ3n) is 3.82. The summed E-state index contributed by atoms with van der Waals surface area (Å²) in [5, 5.41) is 10.3. The fourth-order valence-electron chi connectivity index (χ4n) is 2.69. The van der Waals surface area contributed by atoms with E-state index in [9.17, 15) is 5.11 Å². The molecule has 0 spiro atoms. The molecular formula is C13H22N2O. The highest BCUT2D eigenvalue weighted by Gasteiger charge is 2.42. The van der Waals surface area contributed by atoms with Gasteiger partial charge in [0, 0.05) is 18.3 Å². The monoisotopic (exact) mass is 222 g/mol. The second kappa shape index (κ2) is 3.88. The number of imidazole rings is 1. The Labute approximate surface area is 97.5 Å². The van der Waals surface area contributed by atoms with Crippen LogP contribution >= 0.6 is 0 Å². The Hall–Kier alpha value is -0.830. The summed E-state index contributed by atoms with van der Waals surface area (Å²) >= 11 is 0. The first-order valence-corrected chi connectivity index (χ1v) is 6.14. The van der Waals surface area contributed by atoms with E-state index in [0.717, 1.165) is 18.7 Å². The van der Waals surface area contributed by atoms with E-state index in [-0.39, 0.29) is 17.6 Å². The SMILES string of the molecule is CC(C)c1nccn1C1CCC(C)(C)C1O. The van der Waals surface area contributed by atoms with E-state index < -0.39 is 0 Å². The molecule has 2 unspecified atom stereocenters. The van der Waals surface area contributed by atoms with Crippen molar-refractivity contribution in [1.29, 1.82) is 0 Å². The largest absolute Gasteiger partial charge is 0.390 e. The first kappa shape index (κ1) is 11.6. The van der Waals surface area contributed by atoms with Crippen molar-refractivity contribution >= 4 is 0 Å². The zero-order valence-electron chi connectivity index (χ0n) is 10.6. The summed E-state index contributed by atoms with van der Waals surface area (Å²) in [6.45, 7) is 8.57. The van der Waals surface area contributed by atoms with Crippen LogP contribution in [0.15, 0.2) is 12.4 Å². The molecule has 0 aromatic carbocycles. The molecule has 1 aromatic heterocycles. The van der Waals surface area contributed by atoms with Gasteiger partial charge in [-0.2, -0.15) is 0 Å². The average Bonchev–Trinajstić information content (AvgIpc) is 2.74. The van der Waals surface area contributed by atoms with Crippen molar-refractivity contribution in [2.75, 3.05) is 0 Å². The number of hydrogen-bond acceptors (Lipinski definition) is 2. The Morgan fingerprint density at radius 3 is 2.69 bits per heavy atom. The first-order chi connectivity index (χ1) is 7.43. The Kier molecular flexibility index (Phi) is 2.82. The molecule has 0 aliphatic heterocycles. The molecule has 1 N–H and O–H groups in total. The highest BCUT2D eigenvalue weighted by molar-refractivity contribution is 5.05. The summed E-state index contributed by atoms with van der Waals surface area (Å²) < 4.78 is 2.17. The highest BCUT2D eigenvalue weighted by Crippen LogP contribution is 2.44. The molecule has 3 heteroatoms. The summed E-state index contributed by atoms with van der Waals surface area (Å²) in [4.78, 5) is 4.39. The van der Waals surface area contributed by atoms with Gasteiger partial charge >= 0.3 is 0 Å². The van der Waals surface area contributed by atoms with Gasteiger partial charge < -0.3 is 9.67 Å². The number of aliphatic hydroxyl groups is 1. The van der Waals surface area contributed by atoms with Crippen LogP contribution in [0.25, 0.3) is 0 Å². The van der Waals surface area contributed by atoms with Gasteiger partial charge in [-0.05, 0) is 18.3 Å². The summed E-state index contributed by atoms with van der Waals surface area (Å²) in [6, 6.07) is 0.204. The van der Waals surface area contributed by atoms with Crippen molar-refractivity contribution in [2.45, 2.75) is 58.6 Å². The molecule has 1 aromatic rings. The van der Waals surface area contributed by atoms with Gasteiger partial charge in [0.15, 0.2) is 0 Å². The van der Waals surface area contributed by atoms with Crippen molar-refractivity contribution < 1.29 is 5.11 Å². The van der Waals surface area contributed by atoms with Crippen LogP contribution in [0.5, 0.6) is 0 Å². The molecule has 90 valence electrons. The maximum Gasteiger partial charge on any atom is 0.111 e. The standard InChI is InChI=1S/C13H22N2O/c1-9(2)12-14-7-8-15(12)10-5-6-13(3,4)11(10)16/h7-11,16H,5-6H2,1-4H3. The lowest BCUT2D eigenvalue weighted by Crippen LogP contribution is -2.30. The van der Waals surface area contributed by atoms with Gasteiger partial charge in [-0.25, -0.2) is 4.98 Å². The van der Waals surface area contributed by atoms with Crippen LogP contribution in [-0.2, 0) is 0 Å². The normalized spacial score (nSPS) is 28.9. The van der Waals surface area contributed by atoms with Crippen LogP contribution < -0.4 is 0 Å². The molecule has 1 heterocycles. The molecule has 1 saturated carbocycles. The predicted molar refractivity (Wildman–Crippen MR) is 64.4 cm³/mol. The molecule has 16 heavy (non-hydrogen) atoms. The zero-order valence-corrected chi connectivity index (χ0v) is 10.6. The molecule has 2 rings (SSSR count). The third-order valence-corrected chi connectivity index (χ3v) is 3.82. The molecule has 1 aliphatic rings. The summed E-state index contributed by atoms with van der Waals surface area (Å²) in [5.74, 6) is 1.49.